The van der Waals surface area contributed by atoms with Gasteiger partial charge in [0.25, 0.3) is 5.91 Å². The molecule has 4 N–H and O–H groups in total. The Labute approximate surface area is 124 Å². The molecule has 1 heterocycles. The third kappa shape index (κ3) is 4.02. The number of furan rings is 1. The molecule has 0 saturated heterocycles. The van der Waals surface area contributed by atoms with Crippen LogP contribution in [0, 0.1) is 0 Å². The maximum atomic E-state index is 11.7. The Kier molecular flexibility index (Phi) is 4.87. The summed E-state index contributed by atoms with van der Waals surface area (Å²) in [7, 11) is 1.61. The molecule has 0 saturated carbocycles. The van der Waals surface area contributed by atoms with Gasteiger partial charge in [-0.15, -0.1) is 0 Å². The molecule has 0 spiro atoms. The smallest absolute Gasteiger partial charge is 0.251 e. The molecular weight excluding hydrogens is 266 g/mol. The maximum Gasteiger partial charge on any atom is 0.251 e. The molecule has 0 aliphatic rings. The minimum Gasteiger partial charge on any atom is -0.469 e. The Morgan fingerprint density at radius 2 is 2.19 bits per heavy atom. The summed E-state index contributed by atoms with van der Waals surface area (Å²) in [5.41, 5.74) is 7.96. The summed E-state index contributed by atoms with van der Waals surface area (Å²) in [6, 6.07) is 9.31. The van der Waals surface area contributed by atoms with Crippen molar-refractivity contribution in [2.45, 2.75) is 25.8 Å². The van der Waals surface area contributed by atoms with Crippen LogP contribution < -0.4 is 16.4 Å². The van der Waals surface area contributed by atoms with Crippen LogP contribution in [0.1, 0.15) is 29.5 Å². The van der Waals surface area contributed by atoms with E-state index in [2.05, 4.69) is 17.6 Å². The summed E-state index contributed by atoms with van der Waals surface area (Å²) in [5, 5.41) is 5.95. The summed E-state index contributed by atoms with van der Waals surface area (Å²) in [6.07, 6.45) is 3.45. The molecule has 2 aromatic rings. The van der Waals surface area contributed by atoms with Gasteiger partial charge in [-0.05, 0) is 43.7 Å². The van der Waals surface area contributed by atoms with Gasteiger partial charge in [0.2, 0.25) is 0 Å². The zero-order valence-electron chi connectivity index (χ0n) is 12.3. The Balaban J connectivity index is 1.99. The average molecular weight is 287 g/mol. The van der Waals surface area contributed by atoms with Crippen molar-refractivity contribution in [3.63, 3.8) is 0 Å². The predicted molar refractivity (Wildman–Crippen MR) is 84.4 cm³/mol. The highest BCUT2D eigenvalue weighted by atomic mass is 16.3. The summed E-state index contributed by atoms with van der Waals surface area (Å²) in [5.74, 6) is 0.844. The molecule has 5 nitrogen and oxygen atoms in total. The van der Waals surface area contributed by atoms with E-state index in [9.17, 15) is 4.79 Å². The highest BCUT2D eigenvalue weighted by molar-refractivity contribution is 5.96. The Morgan fingerprint density at radius 1 is 1.38 bits per heavy atom. The van der Waals surface area contributed by atoms with Gasteiger partial charge in [-0.1, -0.05) is 0 Å². The lowest BCUT2D eigenvalue weighted by atomic mass is 10.1. The van der Waals surface area contributed by atoms with Crippen LogP contribution in [0.15, 0.2) is 41.0 Å². The molecule has 21 heavy (non-hydrogen) atoms. The molecule has 0 aliphatic carbocycles. The molecule has 0 bridgehead atoms. The third-order valence-corrected chi connectivity index (χ3v) is 3.35. The van der Waals surface area contributed by atoms with Crippen LogP contribution in [0.25, 0.3) is 0 Å². The lowest BCUT2D eigenvalue weighted by molar-refractivity contribution is 0.0963. The number of benzene rings is 1. The summed E-state index contributed by atoms with van der Waals surface area (Å²) < 4.78 is 5.32. The molecule has 1 aromatic heterocycles. The number of nitrogen functional groups attached to an aromatic ring is 1. The topological polar surface area (TPSA) is 80.3 Å². The molecule has 1 atom stereocenters. The number of anilines is 2. The molecule has 0 fully saturated rings. The summed E-state index contributed by atoms with van der Waals surface area (Å²) in [6.45, 7) is 2.08. The first-order valence-electron chi connectivity index (χ1n) is 7.00. The number of carbonyl (C=O) groups excluding carboxylic acids is 1. The van der Waals surface area contributed by atoms with E-state index >= 15 is 0 Å². The van der Waals surface area contributed by atoms with Crippen LogP contribution in [0.2, 0.25) is 0 Å². The number of amides is 1. The molecule has 5 heteroatoms. The normalized spacial score (nSPS) is 11.9. The molecule has 112 valence electrons. The second-order valence-corrected chi connectivity index (χ2v) is 5.04. The predicted octanol–water partition coefficient (Wildman–Crippen LogP) is 2.65. The highest BCUT2D eigenvalue weighted by Crippen LogP contribution is 2.22. The fourth-order valence-electron chi connectivity index (χ4n) is 2.12. The first kappa shape index (κ1) is 15.0. The largest absolute Gasteiger partial charge is 0.469 e. The lowest BCUT2D eigenvalue weighted by Crippen LogP contribution is -2.20. The molecule has 2 rings (SSSR count). The number of hydrogen-bond donors (Lipinski definition) is 3. The van der Waals surface area contributed by atoms with E-state index in [1.807, 2.05) is 12.1 Å². The van der Waals surface area contributed by atoms with Crippen molar-refractivity contribution in [2.75, 3.05) is 18.1 Å². The van der Waals surface area contributed by atoms with Gasteiger partial charge in [0, 0.05) is 25.1 Å². The number of rotatable bonds is 6. The van der Waals surface area contributed by atoms with E-state index in [0.717, 1.165) is 24.3 Å². The lowest BCUT2D eigenvalue weighted by Gasteiger charge is -2.17. The maximum absolute atomic E-state index is 11.7. The van der Waals surface area contributed by atoms with Crippen molar-refractivity contribution in [1.29, 1.82) is 0 Å². The Hall–Kier alpha value is -2.43. The van der Waals surface area contributed by atoms with Gasteiger partial charge in [-0.25, -0.2) is 0 Å². The van der Waals surface area contributed by atoms with E-state index in [0.29, 0.717) is 11.3 Å². The molecule has 1 aromatic carbocycles. The van der Waals surface area contributed by atoms with E-state index in [1.165, 1.54) is 0 Å². The van der Waals surface area contributed by atoms with Crippen molar-refractivity contribution in [1.82, 2.24) is 5.32 Å². The fourth-order valence-corrected chi connectivity index (χ4v) is 2.12. The zero-order valence-corrected chi connectivity index (χ0v) is 12.3. The van der Waals surface area contributed by atoms with Crippen molar-refractivity contribution in [3.8, 4) is 0 Å². The van der Waals surface area contributed by atoms with Gasteiger partial charge in [0.15, 0.2) is 0 Å². The number of hydrogen-bond acceptors (Lipinski definition) is 4. The molecule has 1 amide bonds. The summed E-state index contributed by atoms with van der Waals surface area (Å²) in [4.78, 5) is 11.7. The average Bonchev–Trinajstić information content (AvgIpc) is 3.00. The van der Waals surface area contributed by atoms with Crippen LogP contribution >= 0.6 is 0 Å². The van der Waals surface area contributed by atoms with E-state index in [-0.39, 0.29) is 11.9 Å². The van der Waals surface area contributed by atoms with Crippen molar-refractivity contribution in [2.24, 2.45) is 0 Å². The van der Waals surface area contributed by atoms with Gasteiger partial charge < -0.3 is 20.8 Å². The highest BCUT2D eigenvalue weighted by Gasteiger charge is 2.10. The van der Waals surface area contributed by atoms with E-state index < -0.39 is 0 Å². The van der Waals surface area contributed by atoms with Crippen LogP contribution in [-0.4, -0.2) is 19.0 Å². The monoisotopic (exact) mass is 287 g/mol. The quantitative estimate of drug-likeness (QED) is 0.714. The second-order valence-electron chi connectivity index (χ2n) is 5.04. The van der Waals surface area contributed by atoms with Gasteiger partial charge >= 0.3 is 0 Å². The van der Waals surface area contributed by atoms with E-state index in [4.69, 9.17) is 10.2 Å². The molecular formula is C16H21N3O2. The zero-order chi connectivity index (χ0) is 15.2. The second kappa shape index (κ2) is 6.83. The number of nitrogens with two attached hydrogens (primary N) is 1. The third-order valence-electron chi connectivity index (χ3n) is 3.35. The van der Waals surface area contributed by atoms with Crippen LogP contribution in [0.5, 0.6) is 0 Å². The first-order chi connectivity index (χ1) is 10.1. The van der Waals surface area contributed by atoms with Gasteiger partial charge in [-0.3, -0.25) is 4.79 Å². The summed E-state index contributed by atoms with van der Waals surface area (Å²) >= 11 is 0. The molecule has 0 radical (unpaired) electrons. The minimum absolute atomic E-state index is 0.124. The number of aryl methyl sites for hydroxylation is 1. The van der Waals surface area contributed by atoms with Crippen LogP contribution in [0.3, 0.4) is 0 Å². The van der Waals surface area contributed by atoms with E-state index in [1.54, 1.807) is 31.5 Å². The Bertz CT molecular complexity index is 594. The van der Waals surface area contributed by atoms with Crippen molar-refractivity contribution < 1.29 is 9.21 Å². The number of nitrogens with one attached hydrogen (secondary N) is 2. The van der Waals surface area contributed by atoms with Gasteiger partial charge in [0.05, 0.1) is 17.6 Å². The molecule has 1 unspecified atom stereocenters. The fraction of sp³-hybridized carbons (Fsp3) is 0.312. The van der Waals surface area contributed by atoms with Crippen LogP contribution in [0.4, 0.5) is 11.4 Å². The standard InChI is InChI=1S/C16H21N3O2/c1-11(5-7-13-4-3-9-21-13)19-15-10-12(16(20)18-2)6-8-14(15)17/h3-4,6,8-11,19H,5,7,17H2,1-2H3,(H,18,20). The van der Waals surface area contributed by atoms with Crippen molar-refractivity contribution in [3.05, 3.63) is 47.9 Å². The van der Waals surface area contributed by atoms with Crippen molar-refractivity contribution >= 4 is 17.3 Å². The Morgan fingerprint density at radius 3 is 2.86 bits per heavy atom. The van der Waals surface area contributed by atoms with Gasteiger partial charge in [0.1, 0.15) is 5.76 Å². The first-order valence-corrected chi connectivity index (χ1v) is 7.00. The SMILES string of the molecule is CNC(=O)c1ccc(N)c(NC(C)CCc2ccco2)c1. The van der Waals surface area contributed by atoms with Crippen LogP contribution in [-0.2, 0) is 6.42 Å². The van der Waals surface area contributed by atoms with Gasteiger partial charge in [-0.2, -0.15) is 0 Å². The number of carbonyl (C=O) groups is 1. The molecule has 0 aliphatic heterocycles. The minimum atomic E-state index is -0.124.